The smallest absolute Gasteiger partial charge is 0.211 e. The Morgan fingerprint density at radius 1 is 0.870 bits per heavy atom. The molecule has 0 fully saturated rings. The van der Waals surface area contributed by atoms with Crippen molar-refractivity contribution in [2.75, 3.05) is 0 Å². The first-order valence-corrected chi connectivity index (χ1v) is 8.10. The van der Waals surface area contributed by atoms with Gasteiger partial charge in [-0.1, -0.05) is 39.7 Å². The molecule has 0 N–H and O–H groups in total. The lowest BCUT2D eigenvalue weighted by Crippen LogP contribution is -1.96. The van der Waals surface area contributed by atoms with Crippen LogP contribution < -0.4 is 0 Å². The summed E-state index contributed by atoms with van der Waals surface area (Å²) in [4.78, 5) is 23.6. The lowest BCUT2D eigenvalue weighted by Gasteiger charge is -2.08. The van der Waals surface area contributed by atoms with E-state index in [0.29, 0.717) is 16.8 Å². The number of hydrogen-bond acceptors (Lipinski definition) is 5. The zero-order valence-corrected chi connectivity index (χ0v) is 13.5. The number of benzene rings is 2. The molecular weight excluding hydrogens is 363 g/mol. The summed E-state index contributed by atoms with van der Waals surface area (Å²) in [6, 6.07) is 8.38. The second-order valence-electron chi connectivity index (χ2n) is 4.17. The average molecular weight is 369 g/mol. The normalized spacial score (nSPS) is 10.5. The number of nitrogens with zero attached hydrogens (tertiary/aromatic N) is 2. The topological polar surface area (TPSA) is 93.0 Å². The molecule has 0 saturated heterocycles. The number of halogens is 2. The van der Waals surface area contributed by atoms with Crippen molar-refractivity contribution in [3.63, 3.8) is 0 Å². The van der Waals surface area contributed by atoms with Crippen LogP contribution in [-0.4, -0.2) is 20.6 Å². The first kappa shape index (κ1) is 17.1. The minimum atomic E-state index is -4.13. The van der Waals surface area contributed by atoms with E-state index in [1.54, 1.807) is 6.07 Å². The fraction of sp³-hybridized carbons (Fsp3) is 0. The quantitative estimate of drug-likeness (QED) is 0.607. The summed E-state index contributed by atoms with van der Waals surface area (Å²) in [6.07, 6.45) is 2.38. The van der Waals surface area contributed by atoms with Crippen LogP contribution in [0.15, 0.2) is 50.7 Å². The van der Waals surface area contributed by atoms with Gasteiger partial charge in [-0.05, 0) is 24.3 Å². The number of rotatable bonds is 4. The Kier molecular flexibility index (Phi) is 5.11. The van der Waals surface area contributed by atoms with Crippen LogP contribution in [0.5, 0.6) is 0 Å². The summed E-state index contributed by atoms with van der Waals surface area (Å²) in [5, 5.41) is 0.366. The van der Waals surface area contributed by atoms with Crippen molar-refractivity contribution in [1.29, 1.82) is 0 Å². The molecule has 2 aromatic carbocycles. The van der Waals surface area contributed by atoms with Crippen LogP contribution >= 0.6 is 23.2 Å². The molecule has 0 spiro atoms. The van der Waals surface area contributed by atoms with Gasteiger partial charge in [0.05, 0.1) is 15.6 Å². The molecule has 2 rings (SSSR count). The van der Waals surface area contributed by atoms with Gasteiger partial charge in [-0.3, -0.25) is 0 Å². The molecule has 0 saturated carbocycles. The molecule has 2 aromatic rings. The van der Waals surface area contributed by atoms with Crippen LogP contribution in [0.1, 0.15) is 0 Å². The van der Waals surface area contributed by atoms with E-state index in [1.807, 2.05) is 0 Å². The summed E-state index contributed by atoms with van der Waals surface area (Å²) < 4.78 is 26.1. The molecule has 0 aromatic heterocycles. The van der Waals surface area contributed by atoms with Gasteiger partial charge >= 0.3 is 0 Å². The summed E-state index contributed by atoms with van der Waals surface area (Å²) >= 11 is 12.2. The van der Waals surface area contributed by atoms with Gasteiger partial charge in [-0.25, -0.2) is 9.59 Å². The third-order valence-corrected chi connectivity index (χ3v) is 4.60. The Morgan fingerprint density at radius 2 is 1.48 bits per heavy atom. The molecule has 0 heterocycles. The number of hydrogen-bond donors (Lipinski definition) is 0. The molecule has 0 radical (unpaired) electrons. The molecule has 23 heavy (non-hydrogen) atoms. The van der Waals surface area contributed by atoms with Gasteiger partial charge in [-0.15, -0.1) is 0 Å². The minimum absolute atomic E-state index is 0.0979. The van der Waals surface area contributed by atoms with E-state index in [-0.39, 0.29) is 14.9 Å². The molecule has 0 aliphatic rings. The maximum atomic E-state index is 11.7. The summed E-state index contributed by atoms with van der Waals surface area (Å²) in [6.45, 7) is 0. The van der Waals surface area contributed by atoms with Crippen molar-refractivity contribution in [3.8, 4) is 11.1 Å². The number of aliphatic imine (C=N–C) groups is 1. The SMILES string of the molecule is O=C=Nc1ccc(-c2ccc(S(=O)(=O)N=C=O)cc2Cl)c(Cl)c1. The fourth-order valence-electron chi connectivity index (χ4n) is 1.82. The Hall–Kier alpha value is -2.27. The van der Waals surface area contributed by atoms with Crippen LogP contribution in [0, 0.1) is 0 Å². The Balaban J connectivity index is 2.54. The molecule has 116 valence electrons. The third kappa shape index (κ3) is 3.74. The second kappa shape index (κ2) is 6.87. The molecule has 0 unspecified atom stereocenters. The van der Waals surface area contributed by atoms with E-state index in [9.17, 15) is 18.0 Å². The van der Waals surface area contributed by atoms with Crippen LogP contribution in [0.25, 0.3) is 11.1 Å². The van der Waals surface area contributed by atoms with Crippen molar-refractivity contribution in [2.45, 2.75) is 4.90 Å². The van der Waals surface area contributed by atoms with Crippen LogP contribution in [0.3, 0.4) is 0 Å². The highest BCUT2D eigenvalue weighted by Gasteiger charge is 2.16. The molecular formula is C14H6Cl2N2O4S. The minimum Gasteiger partial charge on any atom is -0.211 e. The van der Waals surface area contributed by atoms with E-state index in [2.05, 4.69) is 9.39 Å². The van der Waals surface area contributed by atoms with E-state index in [1.165, 1.54) is 30.3 Å². The molecule has 0 aliphatic heterocycles. The van der Waals surface area contributed by atoms with Gasteiger partial charge in [-0.2, -0.15) is 13.4 Å². The van der Waals surface area contributed by atoms with Crippen LogP contribution in [0.4, 0.5) is 5.69 Å². The summed E-state index contributed by atoms with van der Waals surface area (Å²) in [7, 11) is -4.13. The molecule has 6 nitrogen and oxygen atoms in total. The monoisotopic (exact) mass is 368 g/mol. The maximum Gasteiger partial charge on any atom is 0.292 e. The zero-order valence-electron chi connectivity index (χ0n) is 11.2. The van der Waals surface area contributed by atoms with E-state index < -0.39 is 10.0 Å². The maximum absolute atomic E-state index is 11.7. The Bertz CT molecular complexity index is 976. The Morgan fingerprint density at radius 3 is 2.00 bits per heavy atom. The predicted octanol–water partition coefficient (Wildman–Crippen LogP) is 3.65. The van der Waals surface area contributed by atoms with Gasteiger partial charge in [0.15, 0.2) is 0 Å². The van der Waals surface area contributed by atoms with Gasteiger partial charge < -0.3 is 0 Å². The van der Waals surface area contributed by atoms with E-state index >= 15 is 0 Å². The predicted molar refractivity (Wildman–Crippen MR) is 85.0 cm³/mol. The third-order valence-electron chi connectivity index (χ3n) is 2.81. The number of sulfonamides is 1. The summed E-state index contributed by atoms with van der Waals surface area (Å²) in [5.74, 6) is 0. The lowest BCUT2D eigenvalue weighted by molar-refractivity contribution is 0.563. The van der Waals surface area contributed by atoms with E-state index in [0.717, 1.165) is 12.1 Å². The van der Waals surface area contributed by atoms with Crippen molar-refractivity contribution >= 4 is 51.1 Å². The van der Waals surface area contributed by atoms with Crippen LogP contribution in [-0.2, 0) is 19.6 Å². The van der Waals surface area contributed by atoms with Crippen LogP contribution in [0.2, 0.25) is 10.0 Å². The zero-order chi connectivity index (χ0) is 17.0. The van der Waals surface area contributed by atoms with Crippen molar-refractivity contribution < 1.29 is 18.0 Å². The molecule has 9 heteroatoms. The largest absolute Gasteiger partial charge is 0.292 e. The average Bonchev–Trinajstić information content (AvgIpc) is 2.48. The highest BCUT2D eigenvalue weighted by Crippen LogP contribution is 2.36. The van der Waals surface area contributed by atoms with Crippen molar-refractivity contribution in [1.82, 2.24) is 0 Å². The lowest BCUT2D eigenvalue weighted by atomic mass is 10.1. The van der Waals surface area contributed by atoms with E-state index in [4.69, 9.17) is 23.2 Å². The fourth-order valence-corrected chi connectivity index (χ4v) is 3.16. The molecule has 0 atom stereocenters. The highest BCUT2D eigenvalue weighted by molar-refractivity contribution is 7.90. The van der Waals surface area contributed by atoms with Gasteiger partial charge in [0.2, 0.25) is 6.08 Å². The number of isocyanates is 2. The van der Waals surface area contributed by atoms with Gasteiger partial charge in [0.25, 0.3) is 16.1 Å². The highest BCUT2D eigenvalue weighted by atomic mass is 35.5. The van der Waals surface area contributed by atoms with Crippen molar-refractivity contribution in [3.05, 3.63) is 46.4 Å². The standard InChI is InChI=1S/C14H6Cl2N2O4S/c15-13-5-9(17-7-19)1-3-11(13)12-4-2-10(6-14(12)16)23(21,22)18-8-20/h1-6H. The molecule has 0 bridgehead atoms. The van der Waals surface area contributed by atoms with Crippen molar-refractivity contribution in [2.24, 2.45) is 9.39 Å². The second-order valence-corrected chi connectivity index (χ2v) is 6.59. The molecule has 0 amide bonds. The summed E-state index contributed by atoms with van der Waals surface area (Å²) in [5.41, 5.74) is 1.31. The Labute approximate surface area is 141 Å². The number of carbonyl (C=O) groups excluding carboxylic acids is 2. The molecule has 0 aliphatic carbocycles. The first-order valence-electron chi connectivity index (χ1n) is 5.90. The first-order chi connectivity index (χ1) is 10.9. The van der Waals surface area contributed by atoms with Gasteiger partial charge in [0.1, 0.15) is 0 Å². The van der Waals surface area contributed by atoms with Gasteiger partial charge in [0, 0.05) is 16.1 Å².